The van der Waals surface area contributed by atoms with Gasteiger partial charge in [-0.1, -0.05) is 24.4 Å². The van der Waals surface area contributed by atoms with E-state index in [1.165, 1.54) is 11.3 Å². The van der Waals surface area contributed by atoms with Crippen molar-refractivity contribution in [1.82, 2.24) is 10.2 Å². The molecule has 6 heteroatoms. The number of hydrogen-bond donors (Lipinski definition) is 2. The maximum atomic E-state index is 12.2. The lowest BCUT2D eigenvalue weighted by molar-refractivity contribution is 0.0563. The maximum Gasteiger partial charge on any atom is 0.317 e. The Morgan fingerprint density at radius 3 is 2.86 bits per heavy atom. The van der Waals surface area contributed by atoms with Crippen molar-refractivity contribution >= 4 is 29.0 Å². The Morgan fingerprint density at radius 2 is 2.24 bits per heavy atom. The molecule has 2 N–H and O–H groups in total. The van der Waals surface area contributed by atoms with Crippen LogP contribution in [-0.4, -0.2) is 35.7 Å². The predicted molar refractivity (Wildman–Crippen MR) is 86.9 cm³/mol. The van der Waals surface area contributed by atoms with Crippen LogP contribution in [0.2, 0.25) is 4.34 Å². The highest BCUT2D eigenvalue weighted by molar-refractivity contribution is 7.16. The van der Waals surface area contributed by atoms with Crippen LogP contribution in [-0.2, 0) is 0 Å². The summed E-state index contributed by atoms with van der Waals surface area (Å²) >= 11 is 7.39. The number of carbonyl (C=O) groups excluding carboxylic acids is 1. The van der Waals surface area contributed by atoms with Crippen molar-refractivity contribution in [3.63, 3.8) is 0 Å². The molecule has 4 nitrogen and oxygen atoms in total. The van der Waals surface area contributed by atoms with Crippen molar-refractivity contribution in [3.8, 4) is 0 Å². The minimum Gasteiger partial charge on any atom is -0.393 e. The smallest absolute Gasteiger partial charge is 0.317 e. The molecule has 0 radical (unpaired) electrons. The van der Waals surface area contributed by atoms with E-state index in [4.69, 9.17) is 11.6 Å². The van der Waals surface area contributed by atoms with Crippen molar-refractivity contribution < 1.29 is 9.90 Å². The highest BCUT2D eigenvalue weighted by Gasteiger charge is 2.26. The molecule has 21 heavy (non-hydrogen) atoms. The number of aliphatic hydroxyl groups excluding tert-OH is 1. The highest BCUT2D eigenvalue weighted by Crippen LogP contribution is 2.27. The Hall–Kier alpha value is -0.780. The number of urea groups is 1. The van der Waals surface area contributed by atoms with Gasteiger partial charge in [-0.2, -0.15) is 0 Å². The first kappa shape index (κ1) is 16.6. The zero-order valence-electron chi connectivity index (χ0n) is 12.5. The SMILES string of the molecule is CC(NC(=O)N(C)CC1CCCCC1O)c1ccc(Cl)s1. The van der Waals surface area contributed by atoms with Gasteiger partial charge in [0.25, 0.3) is 0 Å². The zero-order chi connectivity index (χ0) is 15.4. The van der Waals surface area contributed by atoms with E-state index in [2.05, 4.69) is 5.32 Å². The van der Waals surface area contributed by atoms with E-state index in [0.717, 1.165) is 34.9 Å². The third-order valence-corrected chi connectivity index (χ3v) is 5.50. The number of amides is 2. The lowest BCUT2D eigenvalue weighted by Gasteiger charge is -2.31. The molecule has 3 atom stereocenters. The first-order valence-corrected chi connectivity index (χ1v) is 8.61. The van der Waals surface area contributed by atoms with Gasteiger partial charge in [0.05, 0.1) is 16.5 Å². The Balaban J connectivity index is 1.84. The number of hydrogen-bond acceptors (Lipinski definition) is 3. The molecule has 1 saturated carbocycles. The fraction of sp³-hybridized carbons (Fsp3) is 0.667. The maximum absolute atomic E-state index is 12.2. The number of carbonyl (C=O) groups is 1. The summed E-state index contributed by atoms with van der Waals surface area (Å²) in [5.74, 6) is 0.195. The number of nitrogens with zero attached hydrogens (tertiary/aromatic N) is 1. The van der Waals surface area contributed by atoms with Gasteiger partial charge in [0.2, 0.25) is 0 Å². The predicted octanol–water partition coefficient (Wildman–Crippen LogP) is 3.66. The summed E-state index contributed by atoms with van der Waals surface area (Å²) in [6.07, 6.45) is 3.80. The second kappa shape index (κ2) is 7.47. The summed E-state index contributed by atoms with van der Waals surface area (Å²) in [7, 11) is 1.78. The van der Waals surface area contributed by atoms with Crippen molar-refractivity contribution in [2.45, 2.75) is 44.8 Å². The van der Waals surface area contributed by atoms with Gasteiger partial charge in [0.1, 0.15) is 0 Å². The normalized spacial score (nSPS) is 23.6. The fourth-order valence-corrected chi connectivity index (χ4v) is 3.83. The third-order valence-electron chi connectivity index (χ3n) is 4.08. The molecule has 0 aromatic carbocycles. The second-order valence-electron chi connectivity index (χ2n) is 5.81. The topological polar surface area (TPSA) is 52.6 Å². The van der Waals surface area contributed by atoms with E-state index >= 15 is 0 Å². The van der Waals surface area contributed by atoms with Gasteiger partial charge < -0.3 is 15.3 Å². The summed E-state index contributed by atoms with van der Waals surface area (Å²) in [4.78, 5) is 14.9. The molecule has 1 aromatic rings. The Kier molecular flexibility index (Phi) is 5.90. The molecule has 1 aliphatic rings. The van der Waals surface area contributed by atoms with E-state index in [1.807, 2.05) is 19.1 Å². The molecule has 0 spiro atoms. The van der Waals surface area contributed by atoms with E-state index in [9.17, 15) is 9.90 Å². The molecule has 3 unspecified atom stereocenters. The molecular weight excluding hydrogens is 308 g/mol. The van der Waals surface area contributed by atoms with E-state index in [0.29, 0.717) is 6.54 Å². The van der Waals surface area contributed by atoms with E-state index in [-0.39, 0.29) is 24.1 Å². The average Bonchev–Trinajstić information content (AvgIpc) is 2.88. The quantitative estimate of drug-likeness (QED) is 0.885. The van der Waals surface area contributed by atoms with E-state index < -0.39 is 0 Å². The monoisotopic (exact) mass is 330 g/mol. The van der Waals surface area contributed by atoms with Crippen molar-refractivity contribution in [2.24, 2.45) is 5.92 Å². The van der Waals surface area contributed by atoms with Gasteiger partial charge in [-0.05, 0) is 31.9 Å². The summed E-state index contributed by atoms with van der Waals surface area (Å²) in [6.45, 7) is 2.55. The van der Waals surface area contributed by atoms with E-state index in [1.54, 1.807) is 11.9 Å². The first-order chi connectivity index (χ1) is 9.97. The van der Waals surface area contributed by atoms with Crippen LogP contribution < -0.4 is 5.32 Å². The van der Waals surface area contributed by atoms with Gasteiger partial charge in [-0.25, -0.2) is 4.79 Å². The molecule has 0 aliphatic heterocycles. The summed E-state index contributed by atoms with van der Waals surface area (Å²) < 4.78 is 0.727. The van der Waals surface area contributed by atoms with Crippen molar-refractivity contribution in [2.75, 3.05) is 13.6 Å². The van der Waals surface area contributed by atoms with Gasteiger partial charge >= 0.3 is 6.03 Å². The van der Waals surface area contributed by atoms with Crippen LogP contribution in [0.15, 0.2) is 12.1 Å². The molecule has 1 heterocycles. The van der Waals surface area contributed by atoms with Crippen LogP contribution in [0.1, 0.15) is 43.5 Å². The van der Waals surface area contributed by atoms with Crippen LogP contribution in [0.4, 0.5) is 4.79 Å². The number of thiophene rings is 1. The number of halogens is 1. The van der Waals surface area contributed by atoms with Crippen LogP contribution in [0.25, 0.3) is 0 Å². The van der Waals surface area contributed by atoms with Crippen LogP contribution in [0.3, 0.4) is 0 Å². The largest absolute Gasteiger partial charge is 0.393 e. The lowest BCUT2D eigenvalue weighted by Crippen LogP contribution is -2.43. The van der Waals surface area contributed by atoms with Crippen LogP contribution >= 0.6 is 22.9 Å². The van der Waals surface area contributed by atoms with Gasteiger partial charge in [0.15, 0.2) is 0 Å². The molecule has 1 aliphatic carbocycles. The number of aliphatic hydroxyl groups is 1. The molecule has 1 aromatic heterocycles. The fourth-order valence-electron chi connectivity index (χ4n) is 2.76. The molecule has 118 valence electrons. The molecule has 2 rings (SSSR count). The summed E-state index contributed by atoms with van der Waals surface area (Å²) in [6, 6.07) is 3.60. The number of rotatable bonds is 4. The van der Waals surface area contributed by atoms with Gasteiger partial charge in [-0.3, -0.25) is 0 Å². The van der Waals surface area contributed by atoms with Crippen molar-refractivity contribution in [3.05, 3.63) is 21.3 Å². The standard InChI is InChI=1S/C15H23ClN2O2S/c1-10(13-7-8-14(16)21-13)17-15(20)18(2)9-11-5-3-4-6-12(11)19/h7-8,10-12,19H,3-6,9H2,1-2H3,(H,17,20). The third kappa shape index (κ3) is 4.59. The average molecular weight is 331 g/mol. The summed E-state index contributed by atoms with van der Waals surface area (Å²) in [5.41, 5.74) is 0. The molecule has 0 saturated heterocycles. The molecule has 1 fully saturated rings. The van der Waals surface area contributed by atoms with Gasteiger partial charge in [0, 0.05) is 24.4 Å². The Labute approximate surface area is 135 Å². The second-order valence-corrected chi connectivity index (χ2v) is 7.55. The minimum absolute atomic E-state index is 0.0614. The lowest BCUT2D eigenvalue weighted by atomic mass is 9.86. The molecule has 2 amide bonds. The zero-order valence-corrected chi connectivity index (χ0v) is 14.1. The number of nitrogens with one attached hydrogen (secondary N) is 1. The first-order valence-electron chi connectivity index (χ1n) is 7.42. The van der Waals surface area contributed by atoms with Gasteiger partial charge in [-0.15, -0.1) is 11.3 Å². The Morgan fingerprint density at radius 1 is 1.52 bits per heavy atom. The van der Waals surface area contributed by atoms with Crippen LogP contribution in [0.5, 0.6) is 0 Å². The molecule has 0 bridgehead atoms. The highest BCUT2D eigenvalue weighted by atomic mass is 35.5. The van der Waals surface area contributed by atoms with Crippen molar-refractivity contribution in [1.29, 1.82) is 0 Å². The Bertz CT molecular complexity index is 480. The minimum atomic E-state index is -0.275. The summed E-state index contributed by atoms with van der Waals surface area (Å²) in [5, 5.41) is 13.0. The van der Waals surface area contributed by atoms with Crippen LogP contribution in [0, 0.1) is 5.92 Å². The molecular formula is C15H23ClN2O2S.